The Balaban J connectivity index is 0.000000358. The first-order valence-electron chi connectivity index (χ1n) is 59.6. The highest BCUT2D eigenvalue weighted by atomic mass is 32.2. The number of unbranched alkanes of at least 4 members (excludes halogenated alkanes) is 30. The average molecular weight is 2120 g/mol. The molecule has 0 aromatic heterocycles. The molecule has 14 heteroatoms. The van der Waals surface area contributed by atoms with Crippen LogP contribution in [0, 0.1) is 40.9 Å². The van der Waals surface area contributed by atoms with E-state index in [9.17, 15) is 33.6 Å². The molecule has 0 bridgehead atoms. The van der Waals surface area contributed by atoms with Gasteiger partial charge in [0, 0.05) is 62.6 Å². The molecule has 3 aromatic carbocycles. The third kappa shape index (κ3) is 59.5. The van der Waals surface area contributed by atoms with E-state index < -0.39 is 0 Å². The van der Waals surface area contributed by atoms with Crippen molar-refractivity contribution < 1.29 is 33.6 Å². The Morgan fingerprint density at radius 1 is 0.417 bits per heavy atom. The van der Waals surface area contributed by atoms with E-state index in [1.807, 2.05) is 92.7 Å². The van der Waals surface area contributed by atoms with Crippen molar-refractivity contribution in [3.8, 4) is 0 Å². The molecule has 7 aliphatic rings. The minimum absolute atomic E-state index is 0.0204. The summed E-state index contributed by atoms with van der Waals surface area (Å²) in [6.07, 6.45) is 76.7. The second kappa shape index (κ2) is 79.9. The standard InChI is InChI=1S/C32H57OS.C24H41OS.C21H35OS.C17H29OS.C13H21OS.C12H19OS.C11H21OS/c1-3-5-7-9-11-13-15-17-19-24-28-34(30-32(33)31-26-22-21-23-27-31)29-25-20-18-16-14-12-10-8-6-4-2;1-3-5-7-9-11-16-20-26(21-17-12-10-8-6-4-2)22-24(25)23-18-14-13-15-19-23;1-7-9-15-23(16-10-8-2)20(21(4,5)6)19(22)18-13-11-17(3)12-14-18;1-13-7-9-14(10-8-13)15(18)16(17(2,3)4)19-11-5-6-12-19;1-13(2)8-11(7-12(14)9-13)10-15-5-3-4-6-15;13-12(10-14-8-4-5-9-14)11-6-2-1-3-7-11;1-9(2)10(12)11(3,4)13-7-5-6-8-13/h21-23,26-27H,3-20,24-25,28-30H2,1-2H3;13-15,18-19H,3-12,16-17,20-22H2,1-2H3;11-14,20H,7-10,15-16H2,1-6H3;7,14,16H,5-6,8-12H2,1-4H3;7H,3-6,8-10H2,1-2H3;1-2,11H,3-10H2;9H,5-8H2,1-4H3/q7*+1. The summed E-state index contributed by atoms with van der Waals surface area (Å²) in [5.41, 5.74) is 7.19. The lowest BCUT2D eigenvalue weighted by molar-refractivity contribution is -0.124. The summed E-state index contributed by atoms with van der Waals surface area (Å²) in [7, 11) is 2.52. The lowest BCUT2D eigenvalue weighted by Crippen LogP contribution is -2.45. The molecule has 0 radical (unpaired) electrons. The van der Waals surface area contributed by atoms with E-state index in [2.05, 4.69) is 155 Å². The van der Waals surface area contributed by atoms with Crippen molar-refractivity contribution in [1.29, 1.82) is 0 Å². The van der Waals surface area contributed by atoms with Crippen molar-refractivity contribution in [3.63, 3.8) is 0 Å². The van der Waals surface area contributed by atoms with Gasteiger partial charge in [-0.1, -0.05) is 392 Å². The molecule has 3 aromatic rings. The van der Waals surface area contributed by atoms with Gasteiger partial charge in [0.1, 0.15) is 86.3 Å². The van der Waals surface area contributed by atoms with Crippen LogP contribution in [0.5, 0.6) is 0 Å². The number of carbonyl (C=O) groups is 7. The molecule has 144 heavy (non-hydrogen) atoms. The van der Waals surface area contributed by atoms with Crippen LogP contribution in [0.4, 0.5) is 0 Å². The van der Waals surface area contributed by atoms with Crippen LogP contribution in [0.15, 0.2) is 120 Å². The number of ketones is 7. The van der Waals surface area contributed by atoms with Crippen molar-refractivity contribution >= 4 is 117 Å². The average Bonchev–Trinajstić information content (AvgIpc) is 1.34. The van der Waals surface area contributed by atoms with Gasteiger partial charge in [0.2, 0.25) is 17.3 Å². The van der Waals surface area contributed by atoms with Gasteiger partial charge in [-0.25, -0.2) is 0 Å². The molecule has 0 N–H and O–H groups in total. The van der Waals surface area contributed by atoms with Crippen LogP contribution in [0.1, 0.15) is 502 Å². The van der Waals surface area contributed by atoms with Crippen molar-refractivity contribution in [2.24, 2.45) is 34.0 Å². The first-order chi connectivity index (χ1) is 69.1. The predicted octanol–water partition coefficient (Wildman–Crippen LogP) is 34.9. The fourth-order valence-electron chi connectivity index (χ4n) is 21.3. The van der Waals surface area contributed by atoms with Crippen molar-refractivity contribution in [2.75, 3.05) is 104 Å². The zero-order valence-corrected chi connectivity index (χ0v) is 103. The molecule has 4 aliphatic heterocycles. The number of benzene rings is 3. The van der Waals surface area contributed by atoms with Crippen LogP contribution in [-0.4, -0.2) is 159 Å². The quantitative estimate of drug-likeness (QED) is 0.0239. The first kappa shape index (κ1) is 133. The molecule has 4 atom stereocenters. The fraction of sp³-hybridized carbons (Fsp3) is 0.762. The Kier molecular flexibility index (Phi) is 74.0. The number of rotatable bonds is 62. The molecule has 0 amide bonds. The summed E-state index contributed by atoms with van der Waals surface area (Å²) in [5.74, 6) is 25.7. The van der Waals surface area contributed by atoms with Gasteiger partial charge >= 0.3 is 0 Å². The molecule has 4 fully saturated rings. The Labute approximate surface area is 910 Å². The van der Waals surface area contributed by atoms with Gasteiger partial charge in [0.25, 0.3) is 0 Å². The zero-order valence-electron chi connectivity index (χ0n) is 97.0. The molecule has 7 nitrogen and oxygen atoms in total. The minimum Gasteiger partial charge on any atom is -0.295 e. The Hall–Kier alpha value is -2.98. The SMILES string of the molecule is CC(C)C(=O)C(C)(C)[S+]1CCCC1.CC1(C)CC(=O)C=C(C[S+]2CCCC2)C1.CC1=CCC(C(=O)C([S+]2CCCC2)C(C)(C)C)CC1.CCCCCCCCCCCC[S+](CCCCCCCCCCCC)CC(=O)c1ccccc1.CCCCCCCC[S+](CCCCCCCC)CC(=O)c1ccccc1.CCCC[S+](CCCC)C(C(=O)c1ccc(C)cc1)C(C)(C)C.O=C(C[S+]1CCCC1)C1CC=CCC1. The fourth-order valence-corrected chi connectivity index (χ4v) is 40.3. The van der Waals surface area contributed by atoms with Crippen LogP contribution >= 0.6 is 0 Å². The zero-order chi connectivity index (χ0) is 106. The Morgan fingerprint density at radius 3 is 1.18 bits per heavy atom. The van der Waals surface area contributed by atoms with E-state index in [1.165, 1.54) is 386 Å². The predicted molar refractivity (Wildman–Crippen MR) is 658 cm³/mol. The first-order valence-corrected chi connectivity index (χ1v) is 71.3. The Morgan fingerprint density at radius 2 is 0.812 bits per heavy atom. The van der Waals surface area contributed by atoms with Crippen molar-refractivity contribution in [3.05, 3.63) is 143 Å². The second-order valence-corrected chi connectivity index (χ2v) is 64.2. The van der Waals surface area contributed by atoms with Crippen LogP contribution in [0.25, 0.3) is 0 Å². The van der Waals surface area contributed by atoms with Crippen molar-refractivity contribution in [1.82, 2.24) is 0 Å². The van der Waals surface area contributed by atoms with Crippen LogP contribution < -0.4 is 0 Å². The van der Waals surface area contributed by atoms with E-state index in [4.69, 9.17) is 0 Å². The number of aryl methyl sites for hydroxylation is 1. The van der Waals surface area contributed by atoms with Crippen LogP contribution in [0.3, 0.4) is 0 Å². The maximum absolute atomic E-state index is 13.3. The van der Waals surface area contributed by atoms with Gasteiger partial charge in [-0.15, -0.1) is 0 Å². The molecular formula is C130H223O7S7+7. The highest BCUT2D eigenvalue weighted by Crippen LogP contribution is 2.40. The van der Waals surface area contributed by atoms with Gasteiger partial charge in [-0.3, -0.25) is 33.6 Å². The molecule has 3 aliphatic carbocycles. The third-order valence-electron chi connectivity index (χ3n) is 30.0. The summed E-state index contributed by atoms with van der Waals surface area (Å²) in [4.78, 5) is 87.2. The summed E-state index contributed by atoms with van der Waals surface area (Å²) >= 11 is 0. The molecule has 0 saturated carbocycles. The summed E-state index contributed by atoms with van der Waals surface area (Å²) in [6.45, 7) is 44.2. The monoisotopic (exact) mass is 2120 g/mol. The van der Waals surface area contributed by atoms with E-state index in [1.54, 1.807) is 0 Å². The van der Waals surface area contributed by atoms with Crippen LogP contribution in [-0.2, 0) is 95.4 Å². The lowest BCUT2D eigenvalue weighted by Gasteiger charge is -2.31. The number of hydrogen-bond acceptors (Lipinski definition) is 7. The Bertz CT molecular complexity index is 3870. The molecule has 10 rings (SSSR count). The van der Waals surface area contributed by atoms with Gasteiger partial charge in [0.15, 0.2) is 55.6 Å². The van der Waals surface area contributed by atoms with Gasteiger partial charge < -0.3 is 0 Å². The van der Waals surface area contributed by atoms with Gasteiger partial charge in [-0.2, -0.15) is 0 Å². The van der Waals surface area contributed by atoms with Crippen LogP contribution in [0.2, 0.25) is 0 Å². The highest BCUT2D eigenvalue weighted by molar-refractivity contribution is 8.00. The third-order valence-corrected chi connectivity index (χ3v) is 49.4. The maximum atomic E-state index is 13.3. The summed E-state index contributed by atoms with van der Waals surface area (Å²) in [6, 6.07) is 28.0. The second-order valence-electron chi connectivity index (χ2n) is 47.4. The molecule has 4 unspecified atom stereocenters. The molecule has 4 saturated heterocycles. The molecule has 0 spiro atoms. The largest absolute Gasteiger partial charge is 0.295 e. The van der Waals surface area contributed by atoms with Gasteiger partial charge in [0.05, 0.1) is 0 Å². The van der Waals surface area contributed by atoms with Gasteiger partial charge in [-0.05, 0) is 271 Å². The van der Waals surface area contributed by atoms with Crippen molar-refractivity contribution in [2.45, 2.75) is 488 Å². The highest BCUT2D eigenvalue weighted by Gasteiger charge is 2.50. The van der Waals surface area contributed by atoms with E-state index in [0.717, 1.165) is 85.3 Å². The molecule has 820 valence electrons. The molecule has 4 heterocycles. The maximum Gasteiger partial charge on any atom is 0.215 e. The summed E-state index contributed by atoms with van der Waals surface area (Å²) < 4.78 is -0.0509. The van der Waals surface area contributed by atoms with E-state index in [0.29, 0.717) is 101 Å². The topological polar surface area (TPSA) is 119 Å². The number of allylic oxidation sites excluding steroid dienone is 5. The minimum atomic E-state index is -0.0509. The molecular weight excluding hydrogens is 1900 g/mol. The number of Topliss-reactive ketones (excluding diaryl/α,β-unsaturated/α-hetero) is 6. The van der Waals surface area contributed by atoms with E-state index >= 15 is 0 Å². The summed E-state index contributed by atoms with van der Waals surface area (Å²) in [5, 5.41) is 0.454. The number of hydrogen-bond donors (Lipinski definition) is 0. The lowest BCUT2D eigenvalue weighted by atomic mass is 9.77. The van der Waals surface area contributed by atoms with E-state index in [-0.39, 0.29) is 64.8 Å². The number of carbonyl (C=O) groups excluding carboxylic acids is 7. The normalized spacial score (nSPS) is 17.7. The smallest absolute Gasteiger partial charge is 0.215 e.